The van der Waals surface area contributed by atoms with Crippen LogP contribution in [0, 0.1) is 0 Å². The Morgan fingerprint density at radius 1 is 1.32 bits per heavy atom. The maximum absolute atomic E-state index is 12.1. The van der Waals surface area contributed by atoms with E-state index >= 15 is 0 Å². The largest absolute Gasteiger partial charge is 0.534 e. The molecule has 0 spiro atoms. The van der Waals surface area contributed by atoms with E-state index in [9.17, 15) is 26.4 Å². The molecule has 0 bridgehead atoms. The minimum atomic E-state index is -5.81. The smallest absolute Gasteiger partial charge is 0.465 e. The predicted octanol–water partition coefficient (Wildman–Crippen LogP) is 1.28. The lowest BCUT2D eigenvalue weighted by Crippen LogP contribution is -2.28. The average Bonchev–Trinajstić information content (AvgIpc) is 2.29. The summed E-state index contributed by atoms with van der Waals surface area (Å²) >= 11 is 0. The van der Waals surface area contributed by atoms with Crippen molar-refractivity contribution in [1.82, 2.24) is 0 Å². The van der Waals surface area contributed by atoms with E-state index in [4.69, 9.17) is 5.73 Å². The second-order valence-corrected chi connectivity index (χ2v) is 4.77. The van der Waals surface area contributed by atoms with Crippen molar-refractivity contribution >= 4 is 21.8 Å². The van der Waals surface area contributed by atoms with Gasteiger partial charge in [-0.05, 0) is 18.2 Å². The Morgan fingerprint density at radius 3 is 2.32 bits per heavy atom. The lowest BCUT2D eigenvalue weighted by molar-refractivity contribution is -0.0499. The second-order valence-electron chi connectivity index (χ2n) is 3.23. The molecule has 10 heteroatoms. The number of hydrogen-bond acceptors (Lipinski definition) is 6. The number of rotatable bonds is 3. The molecule has 0 radical (unpaired) electrons. The van der Waals surface area contributed by atoms with Crippen molar-refractivity contribution in [2.24, 2.45) is 0 Å². The summed E-state index contributed by atoms with van der Waals surface area (Å²) in [4.78, 5) is 11.1. The molecule has 0 saturated carbocycles. The molecular weight excluding hydrogens is 291 g/mol. The lowest BCUT2D eigenvalue weighted by atomic mass is 10.2. The van der Waals surface area contributed by atoms with Gasteiger partial charge in [0, 0.05) is 0 Å². The normalized spacial score (nSPS) is 12.0. The summed E-state index contributed by atoms with van der Waals surface area (Å²) in [5.74, 6) is -1.51. The van der Waals surface area contributed by atoms with E-state index in [-0.39, 0.29) is 5.56 Å². The number of halogens is 3. The molecule has 0 amide bonds. The van der Waals surface area contributed by atoms with Crippen LogP contribution in [0.2, 0.25) is 0 Å². The van der Waals surface area contributed by atoms with E-state index in [0.717, 1.165) is 25.3 Å². The van der Waals surface area contributed by atoms with Crippen LogP contribution in [0.3, 0.4) is 0 Å². The summed E-state index contributed by atoms with van der Waals surface area (Å²) in [5, 5.41) is 0. The molecule has 0 saturated heterocycles. The summed E-state index contributed by atoms with van der Waals surface area (Å²) in [6, 6.07) is 2.78. The second kappa shape index (κ2) is 4.96. The average molecular weight is 299 g/mol. The Hall–Kier alpha value is -1.97. The Kier molecular flexibility index (Phi) is 3.94. The van der Waals surface area contributed by atoms with Gasteiger partial charge in [-0.25, -0.2) is 4.79 Å². The molecule has 0 unspecified atom stereocenters. The highest BCUT2D eigenvalue weighted by Gasteiger charge is 2.48. The van der Waals surface area contributed by atoms with E-state index < -0.39 is 33.0 Å². The number of carbonyl (C=O) groups is 1. The monoisotopic (exact) mass is 299 g/mol. The molecule has 1 aromatic rings. The maximum Gasteiger partial charge on any atom is 0.534 e. The molecule has 1 rings (SSSR count). The van der Waals surface area contributed by atoms with Crippen molar-refractivity contribution in [2.45, 2.75) is 5.51 Å². The third-order valence-electron chi connectivity index (χ3n) is 1.91. The first-order valence-corrected chi connectivity index (χ1v) is 5.98. The summed E-state index contributed by atoms with van der Waals surface area (Å²) in [6.07, 6.45) is 0. The molecule has 0 aliphatic carbocycles. The number of carbonyl (C=O) groups excluding carboxylic acids is 1. The minimum absolute atomic E-state index is 0.0586. The van der Waals surface area contributed by atoms with Crippen LogP contribution >= 0.6 is 0 Å². The van der Waals surface area contributed by atoms with Crippen LogP contribution in [0.25, 0.3) is 0 Å². The van der Waals surface area contributed by atoms with Crippen molar-refractivity contribution in [1.29, 1.82) is 0 Å². The molecule has 0 heterocycles. The SMILES string of the molecule is COC(=O)c1ccc(OS(=O)(=O)C(F)(F)F)c(N)c1. The first-order valence-electron chi connectivity index (χ1n) is 4.57. The quantitative estimate of drug-likeness (QED) is 0.391. The van der Waals surface area contributed by atoms with Gasteiger partial charge in [0.1, 0.15) is 0 Å². The zero-order valence-electron chi connectivity index (χ0n) is 9.39. The number of methoxy groups -OCH3 is 1. The van der Waals surface area contributed by atoms with Gasteiger partial charge in [0.25, 0.3) is 0 Å². The van der Waals surface area contributed by atoms with E-state index in [2.05, 4.69) is 8.92 Å². The number of alkyl halides is 3. The van der Waals surface area contributed by atoms with Gasteiger partial charge in [0.05, 0.1) is 18.4 Å². The Balaban J connectivity index is 3.09. The fourth-order valence-corrected chi connectivity index (χ4v) is 1.52. The number of ether oxygens (including phenoxy) is 1. The molecule has 0 atom stereocenters. The fourth-order valence-electron chi connectivity index (χ4n) is 1.03. The van der Waals surface area contributed by atoms with Crippen LogP contribution in [-0.2, 0) is 14.9 Å². The van der Waals surface area contributed by atoms with Crippen molar-refractivity contribution in [2.75, 3.05) is 12.8 Å². The standard InChI is InChI=1S/C9H8F3NO5S/c1-17-8(14)5-2-3-7(6(13)4-5)18-19(15,16)9(10,11)12/h2-4H,13H2,1H3. The van der Waals surface area contributed by atoms with Gasteiger partial charge < -0.3 is 14.7 Å². The molecule has 1 aromatic carbocycles. The first-order chi connectivity index (χ1) is 8.58. The van der Waals surface area contributed by atoms with Gasteiger partial charge in [-0.2, -0.15) is 21.6 Å². The predicted molar refractivity (Wildman–Crippen MR) is 57.8 cm³/mol. The van der Waals surface area contributed by atoms with Gasteiger partial charge in [-0.1, -0.05) is 0 Å². The third kappa shape index (κ3) is 3.28. The van der Waals surface area contributed by atoms with Crippen molar-refractivity contribution in [3.8, 4) is 5.75 Å². The van der Waals surface area contributed by atoms with Gasteiger partial charge in [0.15, 0.2) is 5.75 Å². The minimum Gasteiger partial charge on any atom is -0.465 e. The van der Waals surface area contributed by atoms with Crippen LogP contribution in [0.4, 0.5) is 18.9 Å². The summed E-state index contributed by atoms with van der Waals surface area (Å²) in [6.45, 7) is 0. The molecule has 6 nitrogen and oxygen atoms in total. The summed E-state index contributed by atoms with van der Waals surface area (Å²) in [7, 11) is -4.71. The fraction of sp³-hybridized carbons (Fsp3) is 0.222. The van der Waals surface area contributed by atoms with Crippen molar-refractivity contribution < 1.29 is 35.3 Å². The molecular formula is C9H8F3NO5S. The molecule has 0 aliphatic heterocycles. The van der Waals surface area contributed by atoms with E-state index in [1.54, 1.807) is 0 Å². The van der Waals surface area contributed by atoms with Gasteiger partial charge in [-0.3, -0.25) is 0 Å². The van der Waals surface area contributed by atoms with Crippen molar-refractivity contribution in [3.05, 3.63) is 23.8 Å². The lowest BCUT2D eigenvalue weighted by Gasteiger charge is -2.11. The van der Waals surface area contributed by atoms with Crippen LogP contribution in [-0.4, -0.2) is 27.0 Å². The van der Waals surface area contributed by atoms with Gasteiger partial charge in [-0.15, -0.1) is 0 Å². The Bertz CT molecular complexity index is 596. The Labute approximate surface area is 106 Å². The maximum atomic E-state index is 12.1. The van der Waals surface area contributed by atoms with Crippen LogP contribution in [0.1, 0.15) is 10.4 Å². The summed E-state index contributed by atoms with van der Waals surface area (Å²) < 4.78 is 66.0. The van der Waals surface area contributed by atoms with Crippen LogP contribution < -0.4 is 9.92 Å². The molecule has 0 aliphatic rings. The molecule has 106 valence electrons. The van der Waals surface area contributed by atoms with Crippen LogP contribution in [0.5, 0.6) is 5.75 Å². The van der Waals surface area contributed by atoms with E-state index in [1.807, 2.05) is 0 Å². The molecule has 19 heavy (non-hydrogen) atoms. The van der Waals surface area contributed by atoms with Crippen molar-refractivity contribution in [3.63, 3.8) is 0 Å². The number of hydrogen-bond donors (Lipinski definition) is 1. The number of esters is 1. The zero-order valence-corrected chi connectivity index (χ0v) is 10.2. The number of nitrogens with two attached hydrogens (primary N) is 1. The highest BCUT2D eigenvalue weighted by Crippen LogP contribution is 2.30. The van der Waals surface area contributed by atoms with Crippen LogP contribution in [0.15, 0.2) is 18.2 Å². The number of benzene rings is 1. The van der Waals surface area contributed by atoms with E-state index in [1.165, 1.54) is 0 Å². The van der Waals surface area contributed by atoms with Gasteiger partial charge >= 0.3 is 21.6 Å². The number of nitrogen functional groups attached to an aromatic ring is 1. The van der Waals surface area contributed by atoms with Gasteiger partial charge in [0.2, 0.25) is 0 Å². The van der Waals surface area contributed by atoms with E-state index in [0.29, 0.717) is 0 Å². The summed E-state index contributed by atoms with van der Waals surface area (Å²) in [5.41, 5.74) is -0.776. The Morgan fingerprint density at radius 2 is 1.89 bits per heavy atom. The first kappa shape index (κ1) is 15.1. The zero-order chi connectivity index (χ0) is 14.8. The topological polar surface area (TPSA) is 95.7 Å². The third-order valence-corrected chi connectivity index (χ3v) is 2.88. The highest BCUT2D eigenvalue weighted by atomic mass is 32.2. The highest BCUT2D eigenvalue weighted by molar-refractivity contribution is 7.88. The molecule has 0 aromatic heterocycles. The number of anilines is 1. The molecule has 2 N–H and O–H groups in total. The molecule has 0 fully saturated rings.